The van der Waals surface area contributed by atoms with Crippen molar-refractivity contribution in [1.82, 2.24) is 10.2 Å². The molecule has 0 saturated carbocycles. The van der Waals surface area contributed by atoms with E-state index < -0.39 is 0 Å². The average molecular weight is 353 g/mol. The molecule has 1 atom stereocenters. The Hall–Kier alpha value is -1.74. The molecule has 0 amide bonds. The number of nitrogens with zero attached hydrogens (tertiary/aromatic N) is 2. The molecule has 1 aliphatic carbocycles. The second-order valence-electron chi connectivity index (χ2n) is 8.12. The summed E-state index contributed by atoms with van der Waals surface area (Å²) in [6.45, 7) is 10.8. The fraction of sp³-hybridized carbons (Fsp3) is 0.565. The van der Waals surface area contributed by atoms with Crippen molar-refractivity contribution in [3.63, 3.8) is 0 Å². The summed E-state index contributed by atoms with van der Waals surface area (Å²) in [5, 5.41) is 9.11. The summed E-state index contributed by atoms with van der Waals surface area (Å²) in [4.78, 5) is 0. The summed E-state index contributed by atoms with van der Waals surface area (Å²) >= 11 is 0. The maximum Gasteiger partial charge on any atom is 0.0964 e. The highest BCUT2D eigenvalue weighted by Crippen LogP contribution is 2.31. The van der Waals surface area contributed by atoms with Crippen LogP contribution in [0, 0.1) is 6.92 Å². The summed E-state index contributed by atoms with van der Waals surface area (Å²) in [5.74, 6) is 0.544. The third-order valence-electron chi connectivity index (χ3n) is 5.34. The summed E-state index contributed by atoms with van der Waals surface area (Å²) in [7, 11) is 0. The lowest BCUT2D eigenvalue weighted by atomic mass is 9.88. The van der Waals surface area contributed by atoms with Crippen molar-refractivity contribution in [3.05, 3.63) is 46.6 Å². The molecule has 0 saturated heterocycles. The Morgan fingerprint density at radius 2 is 1.69 bits per heavy atom. The molecule has 1 heterocycles. The van der Waals surface area contributed by atoms with Crippen LogP contribution in [0.15, 0.2) is 24.3 Å². The molecule has 0 fully saturated rings. The van der Waals surface area contributed by atoms with Crippen LogP contribution in [0.2, 0.25) is 0 Å². The van der Waals surface area contributed by atoms with Gasteiger partial charge in [-0.3, -0.25) is 0 Å². The van der Waals surface area contributed by atoms with Crippen LogP contribution in [-0.4, -0.2) is 22.4 Å². The van der Waals surface area contributed by atoms with Gasteiger partial charge in [-0.05, 0) is 62.6 Å². The van der Waals surface area contributed by atoms with Crippen LogP contribution in [0.1, 0.15) is 75.3 Å². The third kappa shape index (κ3) is 4.32. The molecule has 2 aromatic rings. The minimum Gasteiger partial charge on any atom is -0.375 e. The molecule has 1 aliphatic rings. The predicted octanol–water partition coefficient (Wildman–Crippen LogP) is 5.64. The first-order valence-corrected chi connectivity index (χ1v) is 10.1. The summed E-state index contributed by atoms with van der Waals surface area (Å²) in [5.41, 5.74) is 7.40. The molecule has 0 bridgehead atoms. The van der Waals surface area contributed by atoms with Crippen molar-refractivity contribution < 1.29 is 4.74 Å². The van der Waals surface area contributed by atoms with E-state index in [9.17, 15) is 0 Å². The van der Waals surface area contributed by atoms with Gasteiger partial charge in [0.15, 0.2) is 0 Å². The average Bonchev–Trinajstić information content (AvgIpc) is 2.58. The zero-order valence-corrected chi connectivity index (χ0v) is 16.9. The highest BCUT2D eigenvalue weighted by atomic mass is 16.5. The normalized spacial score (nSPS) is 17.9. The lowest BCUT2D eigenvalue weighted by Crippen LogP contribution is -2.24. The topological polar surface area (TPSA) is 35.0 Å². The van der Waals surface area contributed by atoms with E-state index >= 15 is 0 Å². The molecule has 0 N–H and O–H groups in total. The third-order valence-corrected chi connectivity index (χ3v) is 5.34. The van der Waals surface area contributed by atoms with Crippen LogP contribution in [-0.2, 0) is 17.6 Å². The standard InChI is InChI=1S/C23H32N2O/c1-15(2)18-10-12-19(13-11-18)23-21-9-7-6-8-20(26-16(3)4)14-22(21)17(5)24-25-23/h10-13,15-16,20H,6-9,14H2,1-5H3. The number of aryl methyl sites for hydroxylation is 1. The van der Waals surface area contributed by atoms with Crippen molar-refractivity contribution in [1.29, 1.82) is 0 Å². The van der Waals surface area contributed by atoms with E-state index in [1.165, 1.54) is 35.1 Å². The molecule has 3 heteroatoms. The second-order valence-corrected chi connectivity index (χ2v) is 8.12. The lowest BCUT2D eigenvalue weighted by Gasteiger charge is -2.26. The van der Waals surface area contributed by atoms with Crippen LogP contribution in [0.25, 0.3) is 11.3 Å². The smallest absolute Gasteiger partial charge is 0.0964 e. The SMILES string of the molecule is Cc1nnc(-c2ccc(C(C)C)cc2)c2c1CC(OC(C)C)CCCC2. The predicted molar refractivity (Wildman–Crippen MR) is 108 cm³/mol. The molecule has 0 aliphatic heterocycles. The number of fused-ring (bicyclic) bond motifs is 1. The number of aromatic nitrogens is 2. The fourth-order valence-electron chi connectivity index (χ4n) is 3.91. The van der Waals surface area contributed by atoms with Crippen molar-refractivity contribution >= 4 is 0 Å². The highest BCUT2D eigenvalue weighted by Gasteiger charge is 2.22. The van der Waals surface area contributed by atoms with Gasteiger partial charge in [0, 0.05) is 12.0 Å². The number of rotatable bonds is 4. The summed E-state index contributed by atoms with van der Waals surface area (Å²) < 4.78 is 6.18. The highest BCUT2D eigenvalue weighted by molar-refractivity contribution is 5.65. The Balaban J connectivity index is 1.99. The summed E-state index contributed by atoms with van der Waals surface area (Å²) in [6.07, 6.45) is 6.12. The lowest BCUT2D eigenvalue weighted by molar-refractivity contribution is 0.00148. The largest absolute Gasteiger partial charge is 0.375 e. The first kappa shape index (κ1) is 19.0. The Kier molecular flexibility index (Phi) is 6.08. The molecule has 0 radical (unpaired) electrons. The van der Waals surface area contributed by atoms with Gasteiger partial charge in [0.25, 0.3) is 0 Å². The fourth-order valence-corrected chi connectivity index (χ4v) is 3.91. The number of hydrogen-bond donors (Lipinski definition) is 0. The van der Waals surface area contributed by atoms with Gasteiger partial charge in [-0.15, -0.1) is 5.10 Å². The molecule has 26 heavy (non-hydrogen) atoms. The molecule has 1 unspecified atom stereocenters. The molecule has 1 aromatic heterocycles. The first-order valence-electron chi connectivity index (χ1n) is 10.1. The van der Waals surface area contributed by atoms with Gasteiger partial charge < -0.3 is 4.74 Å². The van der Waals surface area contributed by atoms with E-state index in [0.29, 0.717) is 5.92 Å². The Morgan fingerprint density at radius 3 is 2.35 bits per heavy atom. The van der Waals surface area contributed by atoms with Crippen molar-refractivity contribution in [2.75, 3.05) is 0 Å². The Labute approximate surface area is 158 Å². The van der Waals surface area contributed by atoms with Gasteiger partial charge in [-0.25, -0.2) is 0 Å². The second kappa shape index (κ2) is 8.30. The Morgan fingerprint density at radius 1 is 0.962 bits per heavy atom. The Bertz CT molecular complexity index is 735. The van der Waals surface area contributed by atoms with Crippen molar-refractivity contribution in [2.45, 2.75) is 84.8 Å². The monoisotopic (exact) mass is 352 g/mol. The van der Waals surface area contributed by atoms with E-state index in [1.54, 1.807) is 0 Å². The minimum absolute atomic E-state index is 0.265. The van der Waals surface area contributed by atoms with E-state index in [2.05, 4.69) is 69.1 Å². The number of benzene rings is 1. The number of hydrogen-bond acceptors (Lipinski definition) is 3. The van der Waals surface area contributed by atoms with Gasteiger partial charge in [-0.2, -0.15) is 5.10 Å². The molecule has 140 valence electrons. The molecule has 3 nitrogen and oxygen atoms in total. The number of ether oxygens (including phenoxy) is 1. The van der Waals surface area contributed by atoms with Crippen molar-refractivity contribution in [2.24, 2.45) is 0 Å². The molecule has 3 rings (SSSR count). The van der Waals surface area contributed by atoms with Gasteiger partial charge in [0.05, 0.1) is 23.6 Å². The van der Waals surface area contributed by atoms with Gasteiger partial charge in [0.1, 0.15) is 0 Å². The van der Waals surface area contributed by atoms with Crippen LogP contribution in [0.5, 0.6) is 0 Å². The quantitative estimate of drug-likeness (QED) is 0.714. The minimum atomic E-state index is 0.265. The van der Waals surface area contributed by atoms with Crippen LogP contribution < -0.4 is 0 Å². The molecular weight excluding hydrogens is 320 g/mol. The van der Waals surface area contributed by atoms with Gasteiger partial charge in [-0.1, -0.05) is 44.5 Å². The zero-order chi connectivity index (χ0) is 18.7. The van der Waals surface area contributed by atoms with E-state index in [4.69, 9.17) is 4.74 Å². The maximum absolute atomic E-state index is 6.18. The first-order chi connectivity index (χ1) is 12.5. The van der Waals surface area contributed by atoms with Gasteiger partial charge >= 0.3 is 0 Å². The van der Waals surface area contributed by atoms with E-state index in [-0.39, 0.29) is 12.2 Å². The zero-order valence-electron chi connectivity index (χ0n) is 16.9. The van der Waals surface area contributed by atoms with Crippen molar-refractivity contribution in [3.8, 4) is 11.3 Å². The summed E-state index contributed by atoms with van der Waals surface area (Å²) in [6, 6.07) is 8.86. The van der Waals surface area contributed by atoms with Crippen LogP contribution in [0.4, 0.5) is 0 Å². The van der Waals surface area contributed by atoms with E-state index in [0.717, 1.165) is 30.7 Å². The van der Waals surface area contributed by atoms with Gasteiger partial charge in [0.2, 0.25) is 0 Å². The van der Waals surface area contributed by atoms with Crippen LogP contribution in [0.3, 0.4) is 0 Å². The molecule has 0 spiro atoms. The van der Waals surface area contributed by atoms with Crippen LogP contribution >= 0.6 is 0 Å². The maximum atomic E-state index is 6.18. The molecule has 1 aromatic carbocycles. The molecular formula is C23H32N2O. The van der Waals surface area contributed by atoms with E-state index in [1.807, 2.05) is 0 Å².